The molecule has 0 spiro atoms. The average molecular weight is 182 g/mol. The summed E-state index contributed by atoms with van der Waals surface area (Å²) < 4.78 is 0. The molecule has 0 atom stereocenters. The second-order valence-electron chi connectivity index (χ2n) is 3.92. The van der Waals surface area contributed by atoms with Crippen molar-refractivity contribution in [3.63, 3.8) is 0 Å². The Kier molecular flexibility index (Phi) is 2.38. The van der Waals surface area contributed by atoms with E-state index in [9.17, 15) is 5.11 Å². The number of phenols is 1. The zero-order valence-electron chi connectivity index (χ0n) is 7.63. The van der Waals surface area contributed by atoms with Crippen molar-refractivity contribution >= 4 is 12.6 Å². The number of phenolic OH excluding ortho intramolecular Hbond substituents is 1. The standard InChI is InChI=1S/C10H14OS/c1-10(2,3)9-7(11)5-4-6-8(9)12/h4-6,11-12H,1-3H3. The zero-order valence-corrected chi connectivity index (χ0v) is 8.52. The molecule has 1 nitrogen and oxygen atoms in total. The molecule has 1 aromatic rings. The van der Waals surface area contributed by atoms with Gasteiger partial charge in [0, 0.05) is 10.5 Å². The van der Waals surface area contributed by atoms with E-state index >= 15 is 0 Å². The topological polar surface area (TPSA) is 20.2 Å². The van der Waals surface area contributed by atoms with Crippen molar-refractivity contribution in [1.82, 2.24) is 0 Å². The van der Waals surface area contributed by atoms with Crippen LogP contribution in [0, 0.1) is 0 Å². The van der Waals surface area contributed by atoms with Gasteiger partial charge in [0.1, 0.15) is 5.75 Å². The third-order valence-corrected chi connectivity index (χ3v) is 2.14. The highest BCUT2D eigenvalue weighted by molar-refractivity contribution is 7.80. The van der Waals surface area contributed by atoms with Crippen molar-refractivity contribution < 1.29 is 5.11 Å². The van der Waals surface area contributed by atoms with Crippen LogP contribution in [-0.2, 0) is 5.41 Å². The lowest BCUT2D eigenvalue weighted by Gasteiger charge is -2.21. The number of aromatic hydroxyl groups is 1. The predicted octanol–water partition coefficient (Wildman–Crippen LogP) is 2.98. The van der Waals surface area contributed by atoms with Gasteiger partial charge in [0.2, 0.25) is 0 Å². The monoisotopic (exact) mass is 182 g/mol. The van der Waals surface area contributed by atoms with Crippen LogP contribution in [0.3, 0.4) is 0 Å². The van der Waals surface area contributed by atoms with Gasteiger partial charge in [-0.2, -0.15) is 0 Å². The highest BCUT2D eigenvalue weighted by Gasteiger charge is 2.19. The average Bonchev–Trinajstić information content (AvgIpc) is 1.82. The van der Waals surface area contributed by atoms with E-state index in [1.807, 2.05) is 6.07 Å². The van der Waals surface area contributed by atoms with E-state index in [0.717, 1.165) is 10.5 Å². The van der Waals surface area contributed by atoms with Gasteiger partial charge >= 0.3 is 0 Å². The van der Waals surface area contributed by atoms with E-state index in [-0.39, 0.29) is 5.41 Å². The molecule has 0 aliphatic heterocycles. The molecule has 2 heteroatoms. The lowest BCUT2D eigenvalue weighted by Crippen LogP contribution is -2.12. The van der Waals surface area contributed by atoms with Crippen LogP contribution in [-0.4, -0.2) is 5.11 Å². The highest BCUT2D eigenvalue weighted by atomic mass is 32.1. The maximum Gasteiger partial charge on any atom is 0.120 e. The Balaban J connectivity index is 3.31. The van der Waals surface area contributed by atoms with E-state index in [1.54, 1.807) is 12.1 Å². The number of hydrogen-bond donors (Lipinski definition) is 2. The summed E-state index contributed by atoms with van der Waals surface area (Å²) in [6, 6.07) is 5.39. The lowest BCUT2D eigenvalue weighted by molar-refractivity contribution is 0.442. The summed E-state index contributed by atoms with van der Waals surface area (Å²) in [4.78, 5) is 0.850. The summed E-state index contributed by atoms with van der Waals surface area (Å²) in [5.41, 5.74) is 0.857. The lowest BCUT2D eigenvalue weighted by atomic mass is 9.86. The second kappa shape index (κ2) is 3.02. The van der Waals surface area contributed by atoms with Crippen LogP contribution < -0.4 is 0 Å². The highest BCUT2D eigenvalue weighted by Crippen LogP contribution is 2.34. The molecule has 0 heterocycles. The van der Waals surface area contributed by atoms with E-state index < -0.39 is 0 Å². The molecule has 0 unspecified atom stereocenters. The SMILES string of the molecule is CC(C)(C)c1c(O)cccc1S. The van der Waals surface area contributed by atoms with Gasteiger partial charge in [-0.3, -0.25) is 0 Å². The minimum atomic E-state index is -0.0531. The number of rotatable bonds is 0. The van der Waals surface area contributed by atoms with Crippen LogP contribution in [0.25, 0.3) is 0 Å². The van der Waals surface area contributed by atoms with Gasteiger partial charge in [-0.15, -0.1) is 12.6 Å². The van der Waals surface area contributed by atoms with Gasteiger partial charge in [0.15, 0.2) is 0 Å². The summed E-state index contributed by atoms with van der Waals surface area (Å²) in [6.45, 7) is 6.17. The minimum Gasteiger partial charge on any atom is -0.508 e. The van der Waals surface area contributed by atoms with Crippen molar-refractivity contribution in [2.24, 2.45) is 0 Å². The Morgan fingerprint density at radius 1 is 1.25 bits per heavy atom. The molecule has 0 fully saturated rings. The Labute approximate surface area is 78.8 Å². The Morgan fingerprint density at radius 2 is 1.83 bits per heavy atom. The fraction of sp³-hybridized carbons (Fsp3) is 0.400. The zero-order chi connectivity index (χ0) is 9.35. The first kappa shape index (κ1) is 9.46. The van der Waals surface area contributed by atoms with Gasteiger partial charge in [-0.05, 0) is 17.5 Å². The fourth-order valence-corrected chi connectivity index (χ4v) is 1.83. The summed E-state index contributed by atoms with van der Waals surface area (Å²) in [5, 5.41) is 9.58. The van der Waals surface area contributed by atoms with E-state index in [2.05, 4.69) is 33.4 Å². The van der Waals surface area contributed by atoms with Gasteiger partial charge in [-0.1, -0.05) is 26.8 Å². The molecule has 12 heavy (non-hydrogen) atoms. The summed E-state index contributed by atoms with van der Waals surface area (Å²) in [7, 11) is 0. The largest absolute Gasteiger partial charge is 0.508 e. The van der Waals surface area contributed by atoms with Crippen molar-refractivity contribution in [1.29, 1.82) is 0 Å². The van der Waals surface area contributed by atoms with Gasteiger partial charge in [0.05, 0.1) is 0 Å². The molecule has 0 bridgehead atoms. The molecule has 0 aromatic heterocycles. The van der Waals surface area contributed by atoms with Gasteiger partial charge < -0.3 is 5.11 Å². The third-order valence-electron chi connectivity index (χ3n) is 1.77. The molecular formula is C10H14OS. The van der Waals surface area contributed by atoms with E-state index in [4.69, 9.17) is 0 Å². The first-order valence-corrected chi connectivity index (χ1v) is 4.39. The van der Waals surface area contributed by atoms with Crippen molar-refractivity contribution in [3.8, 4) is 5.75 Å². The molecule has 0 radical (unpaired) electrons. The van der Waals surface area contributed by atoms with E-state index in [0.29, 0.717) is 5.75 Å². The molecule has 1 rings (SSSR count). The van der Waals surface area contributed by atoms with E-state index in [1.165, 1.54) is 0 Å². The quantitative estimate of drug-likeness (QED) is 0.591. The Morgan fingerprint density at radius 3 is 2.17 bits per heavy atom. The summed E-state index contributed by atoms with van der Waals surface area (Å²) in [6.07, 6.45) is 0. The fourth-order valence-electron chi connectivity index (χ4n) is 1.30. The summed E-state index contributed by atoms with van der Waals surface area (Å²) >= 11 is 4.30. The second-order valence-corrected chi connectivity index (χ2v) is 4.40. The smallest absolute Gasteiger partial charge is 0.120 e. The molecule has 0 aliphatic carbocycles. The van der Waals surface area contributed by atoms with Crippen LogP contribution in [0.2, 0.25) is 0 Å². The molecule has 0 aliphatic rings. The molecular weight excluding hydrogens is 168 g/mol. The number of thiol groups is 1. The van der Waals surface area contributed by atoms with Crippen LogP contribution in [0.5, 0.6) is 5.75 Å². The number of benzene rings is 1. The Bertz CT molecular complexity index is 266. The summed E-state index contributed by atoms with van der Waals surface area (Å²) in [5.74, 6) is 0.329. The first-order chi connectivity index (χ1) is 5.43. The maximum absolute atomic E-state index is 9.58. The first-order valence-electron chi connectivity index (χ1n) is 3.94. The number of hydrogen-bond acceptors (Lipinski definition) is 2. The normalized spacial score (nSPS) is 11.7. The van der Waals surface area contributed by atoms with Crippen LogP contribution in [0.4, 0.5) is 0 Å². The maximum atomic E-state index is 9.58. The minimum absolute atomic E-state index is 0.0531. The van der Waals surface area contributed by atoms with Crippen molar-refractivity contribution in [2.75, 3.05) is 0 Å². The van der Waals surface area contributed by atoms with Crippen LogP contribution >= 0.6 is 12.6 Å². The van der Waals surface area contributed by atoms with Gasteiger partial charge in [-0.25, -0.2) is 0 Å². The molecule has 0 saturated heterocycles. The molecule has 1 N–H and O–H groups in total. The molecule has 66 valence electrons. The molecule has 0 saturated carbocycles. The van der Waals surface area contributed by atoms with Crippen molar-refractivity contribution in [2.45, 2.75) is 31.1 Å². The third kappa shape index (κ3) is 1.75. The molecule has 1 aromatic carbocycles. The van der Waals surface area contributed by atoms with Crippen LogP contribution in [0.15, 0.2) is 23.1 Å². The van der Waals surface area contributed by atoms with Gasteiger partial charge in [0.25, 0.3) is 0 Å². The predicted molar refractivity (Wildman–Crippen MR) is 54.1 cm³/mol. The molecule has 0 amide bonds. The van der Waals surface area contributed by atoms with Crippen molar-refractivity contribution in [3.05, 3.63) is 23.8 Å². The van der Waals surface area contributed by atoms with Crippen LogP contribution in [0.1, 0.15) is 26.3 Å². The Hall–Kier alpha value is -0.630.